The Morgan fingerprint density at radius 1 is 1.05 bits per heavy atom. The van der Waals surface area contributed by atoms with E-state index >= 15 is 0 Å². The van der Waals surface area contributed by atoms with Crippen molar-refractivity contribution in [2.24, 2.45) is 39.4 Å². The van der Waals surface area contributed by atoms with Crippen LogP contribution in [0.4, 0.5) is 0 Å². The van der Waals surface area contributed by atoms with E-state index in [0.29, 0.717) is 30.4 Å². The summed E-state index contributed by atoms with van der Waals surface area (Å²) in [5, 5.41) is 20.7. The van der Waals surface area contributed by atoms with Gasteiger partial charge in [0.15, 0.2) is 11.6 Å². The number of aliphatic hydroxyl groups is 1. The lowest BCUT2D eigenvalue weighted by atomic mass is 9.42. The number of aliphatic carboxylic acids is 1. The van der Waals surface area contributed by atoms with Crippen LogP contribution in [0.2, 0.25) is 0 Å². The van der Waals surface area contributed by atoms with E-state index in [2.05, 4.69) is 0 Å². The number of hydrogen-bond donors (Lipinski definition) is 2. The Morgan fingerprint density at radius 2 is 1.68 bits per heavy atom. The van der Waals surface area contributed by atoms with E-state index in [1.54, 1.807) is 6.08 Å². The molecule has 4 rings (SSSR count). The summed E-state index contributed by atoms with van der Waals surface area (Å²) in [4.78, 5) is 64.5. The highest BCUT2D eigenvalue weighted by atomic mass is 16.4. The number of rotatable bonds is 6. The van der Waals surface area contributed by atoms with Gasteiger partial charge in [0.2, 0.25) is 0 Å². The molecule has 7 atom stereocenters. The van der Waals surface area contributed by atoms with Crippen molar-refractivity contribution in [1.29, 1.82) is 0 Å². The lowest BCUT2D eigenvalue weighted by Crippen LogP contribution is -2.59. The second kappa shape index (κ2) is 8.55. The van der Waals surface area contributed by atoms with Crippen LogP contribution < -0.4 is 0 Å². The molecule has 2 unspecified atom stereocenters. The summed E-state index contributed by atoms with van der Waals surface area (Å²) in [6, 6.07) is 0. The Bertz CT molecular complexity index is 1170. The van der Waals surface area contributed by atoms with Crippen LogP contribution in [0.1, 0.15) is 87.0 Å². The van der Waals surface area contributed by atoms with Crippen molar-refractivity contribution < 1.29 is 34.2 Å². The van der Waals surface area contributed by atoms with Gasteiger partial charge in [0, 0.05) is 47.5 Å². The van der Waals surface area contributed by atoms with Crippen LogP contribution in [0.5, 0.6) is 0 Å². The number of ketones is 4. The van der Waals surface area contributed by atoms with Crippen LogP contribution in [0.3, 0.4) is 0 Å². The van der Waals surface area contributed by atoms with Gasteiger partial charge in [-0.05, 0) is 43.3 Å². The zero-order valence-corrected chi connectivity index (χ0v) is 23.1. The molecule has 4 aliphatic rings. The second-order valence-corrected chi connectivity index (χ2v) is 13.3. The molecule has 0 bridgehead atoms. The van der Waals surface area contributed by atoms with Crippen LogP contribution >= 0.6 is 0 Å². The number of fused-ring (bicyclic) bond motifs is 4. The average Bonchev–Trinajstić information content (AvgIpc) is 2.99. The lowest BCUT2D eigenvalue weighted by Gasteiger charge is -2.60. The molecule has 7 nitrogen and oxygen atoms in total. The summed E-state index contributed by atoms with van der Waals surface area (Å²) in [5.74, 6) is -2.70. The summed E-state index contributed by atoms with van der Waals surface area (Å²) in [7, 11) is 0. The van der Waals surface area contributed by atoms with E-state index < -0.39 is 39.7 Å². The average molecular weight is 513 g/mol. The quantitative estimate of drug-likeness (QED) is 0.545. The molecule has 0 radical (unpaired) electrons. The molecule has 0 heterocycles. The number of carboxylic acid groups (broad SMARTS) is 1. The number of aliphatic hydroxyl groups excluding tert-OH is 1. The molecule has 37 heavy (non-hydrogen) atoms. The summed E-state index contributed by atoms with van der Waals surface area (Å²) in [5.41, 5.74) is -1.55. The zero-order valence-electron chi connectivity index (χ0n) is 23.1. The molecule has 7 heteroatoms. The molecule has 1 fully saturated rings. The van der Waals surface area contributed by atoms with Gasteiger partial charge in [-0.1, -0.05) is 47.1 Å². The number of carbonyl (C=O) groups excluding carboxylic acids is 4. The van der Waals surface area contributed by atoms with Crippen molar-refractivity contribution in [2.75, 3.05) is 0 Å². The van der Waals surface area contributed by atoms with Gasteiger partial charge in [0.05, 0.1) is 17.4 Å². The molecule has 0 saturated heterocycles. The SMILES string of the molecule is CC(CC(=O)CC(C)C1=CC(=O)[C@@]2(C)C3=C(C(=O)C[C@]12C)[C@@]1(C)CCC(=O)C(C)(C)[C@@H]1C[C@@H]3O)C(=O)O. The van der Waals surface area contributed by atoms with Gasteiger partial charge in [0.25, 0.3) is 0 Å². The molecular formula is C30H40O7. The van der Waals surface area contributed by atoms with Crippen molar-refractivity contribution in [2.45, 2.75) is 93.1 Å². The fourth-order valence-corrected chi connectivity index (χ4v) is 8.36. The maximum atomic E-state index is 14.0. The minimum absolute atomic E-state index is 0.0845. The van der Waals surface area contributed by atoms with E-state index in [9.17, 15) is 29.1 Å². The van der Waals surface area contributed by atoms with Crippen molar-refractivity contribution in [3.63, 3.8) is 0 Å². The number of carboxylic acids is 1. The van der Waals surface area contributed by atoms with Crippen LogP contribution in [0, 0.1) is 39.4 Å². The third-order valence-corrected chi connectivity index (χ3v) is 10.7. The largest absolute Gasteiger partial charge is 0.481 e. The maximum absolute atomic E-state index is 14.0. The van der Waals surface area contributed by atoms with Gasteiger partial charge >= 0.3 is 5.97 Å². The van der Waals surface area contributed by atoms with Crippen LogP contribution in [-0.2, 0) is 24.0 Å². The van der Waals surface area contributed by atoms with Crippen LogP contribution in [0.25, 0.3) is 0 Å². The smallest absolute Gasteiger partial charge is 0.306 e. The molecular weight excluding hydrogens is 472 g/mol. The minimum Gasteiger partial charge on any atom is -0.481 e. The predicted molar refractivity (Wildman–Crippen MR) is 136 cm³/mol. The molecule has 2 N–H and O–H groups in total. The van der Waals surface area contributed by atoms with Crippen LogP contribution in [0.15, 0.2) is 22.8 Å². The molecule has 0 amide bonds. The topological polar surface area (TPSA) is 126 Å². The summed E-state index contributed by atoms with van der Waals surface area (Å²) < 4.78 is 0. The van der Waals surface area contributed by atoms with E-state index in [4.69, 9.17) is 5.11 Å². The second-order valence-electron chi connectivity index (χ2n) is 13.3. The number of carbonyl (C=O) groups is 5. The third-order valence-electron chi connectivity index (χ3n) is 10.7. The number of hydrogen-bond acceptors (Lipinski definition) is 6. The molecule has 0 aromatic rings. The van der Waals surface area contributed by atoms with Gasteiger partial charge in [-0.2, -0.15) is 0 Å². The van der Waals surface area contributed by atoms with Gasteiger partial charge in [0.1, 0.15) is 11.6 Å². The Morgan fingerprint density at radius 3 is 2.27 bits per heavy atom. The van der Waals surface area contributed by atoms with Crippen LogP contribution in [-0.4, -0.2) is 45.4 Å². The van der Waals surface area contributed by atoms with Crippen molar-refractivity contribution in [3.8, 4) is 0 Å². The fourth-order valence-electron chi connectivity index (χ4n) is 8.36. The van der Waals surface area contributed by atoms with E-state index in [1.165, 1.54) is 6.92 Å². The molecule has 0 spiro atoms. The molecule has 4 aliphatic carbocycles. The lowest BCUT2D eigenvalue weighted by molar-refractivity contribution is -0.145. The van der Waals surface area contributed by atoms with Gasteiger partial charge in [-0.15, -0.1) is 0 Å². The maximum Gasteiger partial charge on any atom is 0.306 e. The normalized spacial score (nSPS) is 38.4. The Balaban J connectivity index is 1.76. The van der Waals surface area contributed by atoms with Crippen molar-refractivity contribution in [3.05, 3.63) is 22.8 Å². The van der Waals surface area contributed by atoms with Gasteiger partial charge in [-0.3, -0.25) is 24.0 Å². The first-order chi connectivity index (χ1) is 16.9. The Labute approximate surface area is 218 Å². The minimum atomic E-state index is -1.13. The number of allylic oxidation sites excluding steroid dienone is 3. The standard InChI is InChI=1S/C30H40O7/c1-15(10-17(31)11-16(2)26(36)37)18-12-23(35)30(7)25-19(32)13-21-27(3,4)22(34)8-9-28(21,5)24(25)20(33)14-29(18,30)6/h12,15-16,19,21,32H,8-11,13-14H2,1-7H3,(H,36,37)/t15?,16?,19-,21-,28-,29+,30-/m0/s1. The highest BCUT2D eigenvalue weighted by Crippen LogP contribution is 2.69. The first-order valence-corrected chi connectivity index (χ1v) is 13.4. The Hall–Kier alpha value is -2.41. The monoisotopic (exact) mass is 512 g/mol. The zero-order chi connectivity index (χ0) is 27.9. The van der Waals surface area contributed by atoms with Crippen molar-refractivity contribution >= 4 is 29.1 Å². The number of Topliss-reactive ketones (excluding diaryl/α,β-unsaturated/α-hetero) is 3. The van der Waals surface area contributed by atoms with Gasteiger partial charge in [-0.25, -0.2) is 0 Å². The highest BCUT2D eigenvalue weighted by molar-refractivity contribution is 6.10. The fraction of sp³-hybridized carbons (Fsp3) is 0.700. The highest BCUT2D eigenvalue weighted by Gasteiger charge is 2.68. The third kappa shape index (κ3) is 3.67. The van der Waals surface area contributed by atoms with Crippen molar-refractivity contribution in [1.82, 2.24) is 0 Å². The molecule has 0 aromatic carbocycles. The van der Waals surface area contributed by atoms with E-state index in [-0.39, 0.29) is 54.2 Å². The summed E-state index contributed by atoms with van der Waals surface area (Å²) in [6.07, 6.45) is 1.83. The molecule has 202 valence electrons. The molecule has 0 aliphatic heterocycles. The molecule has 1 saturated carbocycles. The van der Waals surface area contributed by atoms with Gasteiger partial charge < -0.3 is 10.2 Å². The predicted octanol–water partition coefficient (Wildman–Crippen LogP) is 4.26. The Kier molecular flexibility index (Phi) is 6.38. The first kappa shape index (κ1) is 27.6. The summed E-state index contributed by atoms with van der Waals surface area (Å²) >= 11 is 0. The van der Waals surface area contributed by atoms with E-state index in [1.807, 2.05) is 41.5 Å². The summed E-state index contributed by atoms with van der Waals surface area (Å²) in [6.45, 7) is 12.9. The molecule has 0 aromatic heterocycles. The van der Waals surface area contributed by atoms with E-state index in [0.717, 1.165) is 5.57 Å². The first-order valence-electron chi connectivity index (χ1n) is 13.4.